The number of benzene rings is 4. The van der Waals surface area contributed by atoms with Gasteiger partial charge in [0, 0.05) is 9.79 Å². The van der Waals surface area contributed by atoms with E-state index in [-0.39, 0.29) is 5.75 Å². The second-order valence-corrected chi connectivity index (χ2v) is 8.61. The standard InChI is InChI=1S/C24H18O2S/c25-17-12-14-18(15-13-17)26-19-6-5-7-20(16-19)27-23-10-3-1-8-21(23)22-9-2-4-11-24(22)27/h1-16,25,27H. The zero-order valence-electron chi connectivity index (χ0n) is 14.5. The van der Waals surface area contributed by atoms with Crippen LogP contribution in [0.3, 0.4) is 0 Å². The molecule has 2 nitrogen and oxygen atoms in total. The smallest absolute Gasteiger partial charge is 0.128 e. The van der Waals surface area contributed by atoms with Crippen molar-refractivity contribution in [3.05, 3.63) is 97.1 Å². The van der Waals surface area contributed by atoms with E-state index >= 15 is 0 Å². The number of thiol groups is 1. The van der Waals surface area contributed by atoms with Gasteiger partial charge < -0.3 is 9.84 Å². The van der Waals surface area contributed by atoms with Gasteiger partial charge in [-0.2, -0.15) is 10.9 Å². The van der Waals surface area contributed by atoms with E-state index in [2.05, 4.69) is 66.7 Å². The van der Waals surface area contributed by atoms with Crippen molar-refractivity contribution in [2.24, 2.45) is 0 Å². The van der Waals surface area contributed by atoms with Crippen molar-refractivity contribution in [3.8, 4) is 28.4 Å². The molecule has 5 rings (SSSR count). The predicted molar refractivity (Wildman–Crippen MR) is 110 cm³/mol. The molecule has 3 heteroatoms. The molecule has 0 aromatic heterocycles. The first-order valence-electron chi connectivity index (χ1n) is 8.85. The largest absolute Gasteiger partial charge is 0.508 e. The Bertz CT molecular complexity index is 1070. The van der Waals surface area contributed by atoms with E-state index in [0.29, 0.717) is 5.75 Å². The lowest BCUT2D eigenvalue weighted by Crippen LogP contribution is -1.87. The van der Waals surface area contributed by atoms with E-state index in [1.54, 1.807) is 24.3 Å². The molecule has 0 bridgehead atoms. The minimum Gasteiger partial charge on any atom is -0.508 e. The van der Waals surface area contributed by atoms with Gasteiger partial charge in [-0.1, -0.05) is 42.5 Å². The van der Waals surface area contributed by atoms with E-state index in [1.165, 1.54) is 25.8 Å². The van der Waals surface area contributed by atoms with Crippen molar-refractivity contribution in [2.45, 2.75) is 14.7 Å². The molecular formula is C24H18O2S. The highest BCUT2D eigenvalue weighted by atomic mass is 32.2. The van der Waals surface area contributed by atoms with Gasteiger partial charge in [-0.05, 0) is 70.6 Å². The summed E-state index contributed by atoms with van der Waals surface area (Å²) in [5, 5.41) is 9.44. The van der Waals surface area contributed by atoms with E-state index in [4.69, 9.17) is 4.74 Å². The van der Waals surface area contributed by atoms with Gasteiger partial charge >= 0.3 is 0 Å². The minimum absolute atomic E-state index is 0.235. The van der Waals surface area contributed by atoms with Crippen LogP contribution in [0.15, 0.2) is 112 Å². The maximum absolute atomic E-state index is 9.44. The molecule has 1 aliphatic heterocycles. The van der Waals surface area contributed by atoms with Crippen molar-refractivity contribution in [1.29, 1.82) is 0 Å². The summed E-state index contributed by atoms with van der Waals surface area (Å²) in [4.78, 5) is 4.07. The average Bonchev–Trinajstić information content (AvgIpc) is 3.05. The molecule has 0 radical (unpaired) electrons. The Kier molecular flexibility index (Phi) is 3.88. The van der Waals surface area contributed by atoms with Gasteiger partial charge in [0.2, 0.25) is 0 Å². The summed E-state index contributed by atoms with van der Waals surface area (Å²) in [6, 6.07) is 32.5. The summed E-state index contributed by atoms with van der Waals surface area (Å²) in [6.07, 6.45) is 0. The number of fused-ring (bicyclic) bond motifs is 3. The van der Waals surface area contributed by atoms with E-state index in [1.807, 2.05) is 6.07 Å². The van der Waals surface area contributed by atoms with Crippen molar-refractivity contribution in [1.82, 2.24) is 0 Å². The quantitative estimate of drug-likeness (QED) is 0.348. The summed E-state index contributed by atoms with van der Waals surface area (Å²) in [6.45, 7) is 0. The molecular weight excluding hydrogens is 352 g/mol. The predicted octanol–water partition coefficient (Wildman–Crippen LogP) is 6.64. The van der Waals surface area contributed by atoms with Crippen LogP contribution in [-0.2, 0) is 0 Å². The van der Waals surface area contributed by atoms with Gasteiger partial charge in [0.1, 0.15) is 17.2 Å². The summed E-state index contributed by atoms with van der Waals surface area (Å²) < 4.78 is 6.01. The van der Waals surface area contributed by atoms with Crippen molar-refractivity contribution < 1.29 is 9.84 Å². The zero-order valence-corrected chi connectivity index (χ0v) is 15.4. The third-order valence-corrected chi connectivity index (χ3v) is 7.27. The summed E-state index contributed by atoms with van der Waals surface area (Å²) in [5.41, 5.74) is 2.67. The first kappa shape index (κ1) is 16.0. The first-order chi connectivity index (χ1) is 13.3. The van der Waals surface area contributed by atoms with E-state index in [0.717, 1.165) is 5.75 Å². The van der Waals surface area contributed by atoms with Crippen molar-refractivity contribution in [2.75, 3.05) is 0 Å². The summed E-state index contributed by atoms with van der Waals surface area (Å²) >= 11 is 0. The van der Waals surface area contributed by atoms with Crippen LogP contribution >= 0.6 is 10.9 Å². The number of phenols is 1. The molecule has 0 fully saturated rings. The number of phenolic OH excluding ortho intramolecular Hbond substituents is 1. The molecule has 0 unspecified atom stereocenters. The second kappa shape index (κ2) is 6.53. The Morgan fingerprint density at radius 2 is 1.22 bits per heavy atom. The molecule has 0 aliphatic carbocycles. The van der Waals surface area contributed by atoms with Crippen LogP contribution < -0.4 is 4.74 Å². The molecule has 0 saturated carbocycles. The highest BCUT2D eigenvalue weighted by Gasteiger charge is 2.26. The van der Waals surface area contributed by atoms with E-state index in [9.17, 15) is 5.11 Å². The van der Waals surface area contributed by atoms with Gasteiger partial charge in [0.15, 0.2) is 0 Å². The molecule has 1 N–H and O–H groups in total. The van der Waals surface area contributed by atoms with Crippen LogP contribution in [0.25, 0.3) is 11.1 Å². The lowest BCUT2D eigenvalue weighted by atomic mass is 10.1. The topological polar surface area (TPSA) is 29.5 Å². The number of rotatable bonds is 3. The number of aromatic hydroxyl groups is 1. The second-order valence-electron chi connectivity index (χ2n) is 6.46. The van der Waals surface area contributed by atoms with Crippen LogP contribution in [0.2, 0.25) is 0 Å². The number of ether oxygens (including phenoxy) is 1. The maximum atomic E-state index is 9.44. The van der Waals surface area contributed by atoms with Gasteiger partial charge in [-0.15, -0.1) is 0 Å². The molecule has 0 amide bonds. The normalized spacial score (nSPS) is 13.1. The third-order valence-electron chi connectivity index (χ3n) is 4.73. The Labute approximate surface area is 161 Å². The zero-order chi connectivity index (χ0) is 18.2. The average molecular weight is 370 g/mol. The number of hydrogen-bond donors (Lipinski definition) is 2. The van der Waals surface area contributed by atoms with Crippen LogP contribution in [-0.4, -0.2) is 5.11 Å². The van der Waals surface area contributed by atoms with Crippen molar-refractivity contribution in [3.63, 3.8) is 0 Å². The molecule has 132 valence electrons. The van der Waals surface area contributed by atoms with Gasteiger partial charge in [0.05, 0.1) is 0 Å². The molecule has 4 aromatic carbocycles. The minimum atomic E-state index is -0.588. The van der Waals surface area contributed by atoms with Gasteiger partial charge in [-0.3, -0.25) is 0 Å². The van der Waals surface area contributed by atoms with Crippen molar-refractivity contribution >= 4 is 10.9 Å². The summed E-state index contributed by atoms with van der Waals surface area (Å²) in [7, 11) is -0.588. The van der Waals surface area contributed by atoms with Crippen LogP contribution in [0.1, 0.15) is 0 Å². The first-order valence-corrected chi connectivity index (χ1v) is 10.2. The molecule has 1 heterocycles. The highest BCUT2D eigenvalue weighted by molar-refractivity contribution is 8.17. The van der Waals surface area contributed by atoms with Crippen LogP contribution in [0.5, 0.6) is 17.2 Å². The molecule has 0 spiro atoms. The SMILES string of the molecule is Oc1ccc(Oc2cccc([SH]3c4ccccc4-c4ccccc43)c2)cc1. The fourth-order valence-corrected chi connectivity index (χ4v) is 6.19. The van der Waals surface area contributed by atoms with Crippen LogP contribution in [0.4, 0.5) is 0 Å². The molecule has 1 aliphatic rings. The monoisotopic (exact) mass is 370 g/mol. The lowest BCUT2D eigenvalue weighted by Gasteiger charge is -2.19. The Balaban J connectivity index is 1.56. The van der Waals surface area contributed by atoms with Gasteiger partial charge in [-0.25, -0.2) is 0 Å². The highest BCUT2D eigenvalue weighted by Crippen LogP contribution is 2.62. The Hall–Kier alpha value is -3.17. The van der Waals surface area contributed by atoms with Gasteiger partial charge in [0.25, 0.3) is 0 Å². The molecule has 0 saturated heterocycles. The van der Waals surface area contributed by atoms with E-state index < -0.39 is 10.9 Å². The third kappa shape index (κ3) is 2.86. The Morgan fingerprint density at radius 1 is 0.593 bits per heavy atom. The maximum Gasteiger partial charge on any atom is 0.128 e. The fraction of sp³-hybridized carbons (Fsp3) is 0. The molecule has 0 atom stereocenters. The molecule has 27 heavy (non-hydrogen) atoms. The molecule has 4 aromatic rings. The lowest BCUT2D eigenvalue weighted by molar-refractivity contribution is 0.464. The number of hydrogen-bond acceptors (Lipinski definition) is 2. The fourth-order valence-electron chi connectivity index (χ4n) is 3.54. The van der Waals surface area contributed by atoms with Crippen LogP contribution in [0, 0.1) is 0 Å². The summed E-state index contributed by atoms with van der Waals surface area (Å²) in [5.74, 6) is 1.76. The Morgan fingerprint density at radius 3 is 1.89 bits per heavy atom.